The average molecular weight is 341 g/mol. The molecule has 5 N–H and O–H groups in total. The summed E-state index contributed by atoms with van der Waals surface area (Å²) in [4.78, 5) is 32.1. The van der Waals surface area contributed by atoms with Crippen LogP contribution in [0.3, 0.4) is 0 Å². The number of rotatable bonds is 3. The number of nitrogens with two attached hydrogens (primary N) is 2. The summed E-state index contributed by atoms with van der Waals surface area (Å²) < 4.78 is 1.59. The molecule has 1 aliphatic carbocycles. The number of ketones is 1. The summed E-state index contributed by atoms with van der Waals surface area (Å²) in [5, 5.41) is 10.1. The summed E-state index contributed by atoms with van der Waals surface area (Å²) >= 11 is 0. The summed E-state index contributed by atoms with van der Waals surface area (Å²) in [7, 11) is 0. The van der Waals surface area contributed by atoms with E-state index in [4.69, 9.17) is 11.5 Å². The fourth-order valence-electron chi connectivity index (χ4n) is 3.16. The van der Waals surface area contributed by atoms with Gasteiger partial charge in [-0.1, -0.05) is 6.92 Å². The van der Waals surface area contributed by atoms with Gasteiger partial charge in [0.1, 0.15) is 28.4 Å². The number of fused-ring (bicyclic) bond motifs is 1. The van der Waals surface area contributed by atoms with Crippen molar-refractivity contribution >= 4 is 34.4 Å². The van der Waals surface area contributed by atoms with Crippen LogP contribution in [-0.2, 0) is 0 Å². The van der Waals surface area contributed by atoms with Crippen LogP contribution in [0.15, 0.2) is 23.6 Å². The minimum Gasteiger partial charge on any atom is -0.508 e. The lowest BCUT2D eigenvalue weighted by Crippen LogP contribution is -2.17. The van der Waals surface area contributed by atoms with Gasteiger partial charge < -0.3 is 16.6 Å². The molecule has 0 spiro atoms. The Balaban J connectivity index is 2.43. The van der Waals surface area contributed by atoms with E-state index in [9.17, 15) is 14.7 Å². The molecule has 1 amide bonds. The molecule has 1 atom stereocenters. The Labute approximate surface area is 143 Å². The number of carbonyl (C=O) groups excluding carboxylic acids is 2. The number of hydrogen-bond acceptors (Lipinski definition) is 6. The minimum atomic E-state index is -0.752. The first-order chi connectivity index (χ1) is 11.7. The van der Waals surface area contributed by atoms with Gasteiger partial charge in [-0.2, -0.15) is 0 Å². The number of amides is 1. The molecule has 0 aliphatic heterocycles. The third-order valence-electron chi connectivity index (χ3n) is 4.45. The van der Waals surface area contributed by atoms with E-state index in [1.807, 2.05) is 6.92 Å². The lowest BCUT2D eigenvalue weighted by molar-refractivity contribution is 0.0994. The van der Waals surface area contributed by atoms with Crippen molar-refractivity contribution in [2.75, 3.05) is 5.73 Å². The Morgan fingerprint density at radius 3 is 2.68 bits per heavy atom. The number of Topliss-reactive ketones (excluding diaryl/α,β-unsaturated/α-hetero) is 1. The van der Waals surface area contributed by atoms with E-state index in [0.29, 0.717) is 17.6 Å². The van der Waals surface area contributed by atoms with Crippen LogP contribution in [0.25, 0.3) is 16.9 Å². The summed E-state index contributed by atoms with van der Waals surface area (Å²) in [6.45, 7) is 5.11. The van der Waals surface area contributed by atoms with Gasteiger partial charge in [0.05, 0.1) is 6.20 Å². The smallest absolute Gasteiger partial charge is 0.254 e. The lowest BCUT2D eigenvalue weighted by atomic mass is 9.93. The van der Waals surface area contributed by atoms with Crippen LogP contribution in [-0.4, -0.2) is 31.3 Å². The van der Waals surface area contributed by atoms with Crippen LogP contribution in [0.1, 0.15) is 48.0 Å². The van der Waals surface area contributed by atoms with Crippen LogP contribution in [0.5, 0.6) is 0 Å². The molecule has 0 fully saturated rings. The summed E-state index contributed by atoms with van der Waals surface area (Å²) in [6, 6.07) is 0. The number of nitrogens with zero attached hydrogens (tertiary/aromatic N) is 3. The van der Waals surface area contributed by atoms with Crippen LogP contribution >= 0.6 is 0 Å². The second-order valence-electron chi connectivity index (χ2n) is 6.18. The standard InChI is InChI=1S/C17H19N5O3/c1-7-4-5-11(24)8(2)14(7)22-15(18)12(16(19)25)13-17(22)20-6-10(21-13)9(3)23/h5-7,24H,4,18H2,1-3H3,(H2,19,25)/t7-/m1/s1. The Bertz CT molecular complexity index is 984. The first kappa shape index (κ1) is 16.7. The molecule has 2 heterocycles. The SMILES string of the molecule is CC(=O)c1cnc2c(n1)c(C(N)=O)c(N)n2C1=C(C)C(O)=CC[C@H]1C. The molecule has 0 radical (unpaired) electrons. The van der Waals surface area contributed by atoms with E-state index in [1.165, 1.54) is 13.1 Å². The van der Waals surface area contributed by atoms with Gasteiger partial charge in [-0.3, -0.25) is 14.2 Å². The van der Waals surface area contributed by atoms with Crippen molar-refractivity contribution in [3.63, 3.8) is 0 Å². The lowest BCUT2D eigenvalue weighted by Gasteiger charge is -2.24. The molecule has 1 aliphatic rings. The van der Waals surface area contributed by atoms with E-state index in [0.717, 1.165) is 5.70 Å². The molecule has 0 aromatic carbocycles. The fourth-order valence-corrected chi connectivity index (χ4v) is 3.16. The minimum absolute atomic E-state index is 0.0205. The summed E-state index contributed by atoms with van der Waals surface area (Å²) in [5.74, 6) is -0.748. The van der Waals surface area contributed by atoms with Crippen molar-refractivity contribution in [1.29, 1.82) is 0 Å². The van der Waals surface area contributed by atoms with Gasteiger partial charge in [-0.15, -0.1) is 0 Å². The number of anilines is 1. The van der Waals surface area contributed by atoms with Gasteiger partial charge in [0.15, 0.2) is 11.4 Å². The maximum Gasteiger partial charge on any atom is 0.254 e. The molecule has 8 heteroatoms. The van der Waals surface area contributed by atoms with Crippen LogP contribution < -0.4 is 11.5 Å². The van der Waals surface area contributed by atoms with Gasteiger partial charge in [0, 0.05) is 24.1 Å². The van der Waals surface area contributed by atoms with Crippen LogP contribution in [0.4, 0.5) is 5.82 Å². The molecular weight excluding hydrogens is 322 g/mol. The molecule has 0 saturated heterocycles. The van der Waals surface area contributed by atoms with Crippen molar-refractivity contribution < 1.29 is 14.7 Å². The second-order valence-corrected chi connectivity index (χ2v) is 6.18. The van der Waals surface area contributed by atoms with Gasteiger partial charge >= 0.3 is 0 Å². The van der Waals surface area contributed by atoms with Gasteiger partial charge in [0.2, 0.25) is 0 Å². The van der Waals surface area contributed by atoms with Crippen molar-refractivity contribution in [2.24, 2.45) is 11.7 Å². The Morgan fingerprint density at radius 1 is 1.40 bits per heavy atom. The molecule has 25 heavy (non-hydrogen) atoms. The number of nitrogen functional groups attached to an aromatic ring is 1. The number of carbonyl (C=O) groups is 2. The van der Waals surface area contributed by atoms with Crippen molar-refractivity contribution in [3.05, 3.63) is 34.9 Å². The highest BCUT2D eigenvalue weighted by molar-refractivity contribution is 6.10. The second kappa shape index (κ2) is 5.73. The quantitative estimate of drug-likeness (QED) is 0.730. The molecule has 2 aromatic heterocycles. The van der Waals surface area contributed by atoms with Gasteiger partial charge in [-0.05, 0) is 19.4 Å². The predicted octanol–water partition coefficient (Wildman–Crippen LogP) is 2.03. The Morgan fingerprint density at radius 2 is 2.08 bits per heavy atom. The Hall–Kier alpha value is -3.16. The van der Waals surface area contributed by atoms with E-state index in [2.05, 4.69) is 9.97 Å². The molecule has 0 saturated carbocycles. The zero-order chi connectivity index (χ0) is 18.5. The van der Waals surface area contributed by atoms with Crippen LogP contribution in [0.2, 0.25) is 0 Å². The zero-order valence-electron chi connectivity index (χ0n) is 14.2. The molecule has 0 unspecified atom stereocenters. The topological polar surface area (TPSA) is 137 Å². The number of primary amides is 1. The van der Waals surface area contributed by atoms with Gasteiger partial charge in [-0.25, -0.2) is 9.97 Å². The monoisotopic (exact) mass is 341 g/mol. The van der Waals surface area contributed by atoms with Crippen molar-refractivity contribution in [1.82, 2.24) is 14.5 Å². The Kier molecular flexibility index (Phi) is 3.82. The van der Waals surface area contributed by atoms with Crippen molar-refractivity contribution in [2.45, 2.75) is 27.2 Å². The normalized spacial score (nSPS) is 17.7. The predicted molar refractivity (Wildman–Crippen MR) is 93.8 cm³/mol. The fraction of sp³-hybridized carbons (Fsp3) is 0.294. The maximum atomic E-state index is 11.9. The maximum absolute atomic E-state index is 11.9. The van der Waals surface area contributed by atoms with E-state index >= 15 is 0 Å². The third kappa shape index (κ3) is 2.46. The van der Waals surface area contributed by atoms with Crippen LogP contribution in [0, 0.1) is 5.92 Å². The largest absolute Gasteiger partial charge is 0.508 e. The van der Waals surface area contributed by atoms with Crippen molar-refractivity contribution in [3.8, 4) is 0 Å². The molecule has 8 nitrogen and oxygen atoms in total. The molecule has 0 bridgehead atoms. The first-order valence-corrected chi connectivity index (χ1v) is 7.82. The van der Waals surface area contributed by atoms with E-state index in [1.54, 1.807) is 17.6 Å². The number of hydrogen-bond donors (Lipinski definition) is 3. The van der Waals surface area contributed by atoms with E-state index < -0.39 is 5.91 Å². The summed E-state index contributed by atoms with van der Waals surface area (Å²) in [6.07, 6.45) is 3.69. The highest BCUT2D eigenvalue weighted by Gasteiger charge is 2.29. The van der Waals surface area contributed by atoms with Gasteiger partial charge in [0.25, 0.3) is 5.91 Å². The molecule has 130 valence electrons. The first-order valence-electron chi connectivity index (χ1n) is 7.82. The highest BCUT2D eigenvalue weighted by Crippen LogP contribution is 2.38. The van der Waals surface area contributed by atoms with E-state index in [-0.39, 0.29) is 40.1 Å². The highest BCUT2D eigenvalue weighted by atomic mass is 16.3. The zero-order valence-corrected chi connectivity index (χ0v) is 14.2. The summed E-state index contributed by atoms with van der Waals surface area (Å²) in [5.41, 5.74) is 13.7. The molecule has 2 aromatic rings. The molecular formula is C17H19N5O3. The average Bonchev–Trinajstić information content (AvgIpc) is 2.83. The number of aromatic nitrogens is 3. The third-order valence-corrected chi connectivity index (χ3v) is 4.45. The number of allylic oxidation sites excluding steroid dienone is 3. The number of aliphatic hydroxyl groups excluding tert-OH is 1. The number of aliphatic hydroxyl groups is 1. The molecule has 3 rings (SSSR count).